The number of nitrogens with one attached hydrogen (secondary N) is 1. The van der Waals surface area contributed by atoms with Gasteiger partial charge in [0, 0.05) is 26.2 Å². The number of rotatable bonds is 8. The van der Waals surface area contributed by atoms with Gasteiger partial charge < -0.3 is 40.7 Å². The van der Waals surface area contributed by atoms with E-state index in [1.165, 1.54) is 0 Å². The lowest BCUT2D eigenvalue weighted by Crippen LogP contribution is -2.64. The minimum absolute atomic E-state index is 0.0350. The van der Waals surface area contributed by atoms with Crippen molar-refractivity contribution in [3.8, 4) is 11.5 Å². The van der Waals surface area contributed by atoms with Crippen molar-refractivity contribution in [2.24, 2.45) is 5.73 Å². The predicted molar refractivity (Wildman–Crippen MR) is 113 cm³/mol. The third-order valence-corrected chi connectivity index (χ3v) is 6.63. The number of carbonyl (C=O) groups excluding carboxylic acids is 1. The van der Waals surface area contributed by atoms with Gasteiger partial charge in [-0.1, -0.05) is 24.7 Å². The Morgan fingerprint density at radius 1 is 1.34 bits per heavy atom. The van der Waals surface area contributed by atoms with Gasteiger partial charge in [0.2, 0.25) is 5.91 Å². The molecule has 2 heterocycles. The average molecular weight is 450 g/mol. The molecule has 11 nitrogen and oxygen atoms in total. The highest BCUT2D eigenvalue weighted by Gasteiger charge is 2.50. The first-order valence-corrected chi connectivity index (χ1v) is 10.8. The number of ether oxygens (including phenoxy) is 1. The topological polar surface area (TPSA) is 175 Å². The Morgan fingerprint density at radius 3 is 2.66 bits per heavy atom. The zero-order valence-electron chi connectivity index (χ0n) is 17.9. The fourth-order valence-electron chi connectivity index (χ4n) is 4.81. The summed E-state index contributed by atoms with van der Waals surface area (Å²) in [7, 11) is 0. The van der Waals surface area contributed by atoms with Crippen molar-refractivity contribution in [3.63, 3.8) is 0 Å². The molecule has 3 atom stereocenters. The number of benzene rings is 1. The van der Waals surface area contributed by atoms with Crippen LogP contribution in [0.15, 0.2) is 12.1 Å². The highest BCUT2D eigenvalue weighted by atomic mass is 16.6. The first kappa shape index (κ1) is 22.8. The summed E-state index contributed by atoms with van der Waals surface area (Å²) in [6, 6.07) is 3.33. The molecule has 0 radical (unpaired) electrons. The average Bonchev–Trinajstić information content (AvgIpc) is 2.63. The Balaban J connectivity index is 1.43. The van der Waals surface area contributed by atoms with Crippen molar-refractivity contribution >= 4 is 18.6 Å². The molecule has 0 aromatic heterocycles. The maximum atomic E-state index is 12.1. The van der Waals surface area contributed by atoms with Gasteiger partial charge in [0.05, 0.1) is 12.4 Å². The van der Waals surface area contributed by atoms with E-state index >= 15 is 0 Å². The molecular weight excluding hydrogens is 421 g/mol. The van der Waals surface area contributed by atoms with Gasteiger partial charge in [-0.15, -0.1) is 0 Å². The van der Waals surface area contributed by atoms with Gasteiger partial charge in [0.15, 0.2) is 0 Å². The number of nitrogens with two attached hydrogens (primary N) is 1. The third kappa shape index (κ3) is 4.04. The van der Waals surface area contributed by atoms with Crippen LogP contribution in [0.3, 0.4) is 0 Å². The van der Waals surface area contributed by atoms with Crippen molar-refractivity contribution < 1.29 is 39.2 Å². The fourth-order valence-corrected chi connectivity index (χ4v) is 4.81. The van der Waals surface area contributed by atoms with Crippen LogP contribution < -0.4 is 20.4 Å². The molecule has 0 unspecified atom stereocenters. The molecular formula is C20H29BN3O8-. The van der Waals surface area contributed by atoms with Crippen molar-refractivity contribution in [1.82, 2.24) is 10.2 Å². The molecule has 1 aliphatic carbocycles. The first-order chi connectivity index (χ1) is 15.0. The standard InChI is InChI=1S/C20H29BN3O8/c1-20(22,19(28)23-6-7-25)10-24-8-11(9-24)31-15-5-3-13-12-2-4-14(12)21(29,30)32-17(13)16(15)18(26)27/h3,5,11-12,14,25,29-30H,2,4,6-10,22H2,1H3,(H,23,28)(H,26,27)/q-1/t12-,14-,20-/m1/s1. The van der Waals surface area contributed by atoms with Gasteiger partial charge in [0.1, 0.15) is 23.0 Å². The Kier molecular flexibility index (Phi) is 5.84. The number of amides is 1. The van der Waals surface area contributed by atoms with Gasteiger partial charge in [-0.25, -0.2) is 4.79 Å². The summed E-state index contributed by atoms with van der Waals surface area (Å²) in [4.78, 5) is 26.0. The maximum absolute atomic E-state index is 12.1. The van der Waals surface area contributed by atoms with E-state index in [0.29, 0.717) is 25.1 Å². The molecule has 1 saturated heterocycles. The number of hydrogen-bond acceptors (Lipinski definition) is 9. The zero-order valence-corrected chi connectivity index (χ0v) is 17.9. The summed E-state index contributed by atoms with van der Waals surface area (Å²) in [5, 5.41) is 41.8. The number of carboxylic acids is 1. The molecule has 1 aromatic carbocycles. The molecule has 32 heavy (non-hydrogen) atoms. The van der Waals surface area contributed by atoms with Crippen LogP contribution in [-0.4, -0.2) is 88.2 Å². The van der Waals surface area contributed by atoms with Gasteiger partial charge >= 0.3 is 12.7 Å². The summed E-state index contributed by atoms with van der Waals surface area (Å²) in [6.45, 7) is -0.424. The molecule has 1 aromatic rings. The highest BCUT2D eigenvalue weighted by molar-refractivity contribution is 6.61. The second-order valence-corrected chi connectivity index (χ2v) is 9.22. The second-order valence-electron chi connectivity index (χ2n) is 9.22. The predicted octanol–water partition coefficient (Wildman–Crippen LogP) is -1.16. The molecule has 4 rings (SSSR count). The van der Waals surface area contributed by atoms with Crippen LogP contribution >= 0.6 is 0 Å². The number of aromatic carboxylic acids is 1. The van der Waals surface area contributed by atoms with Gasteiger partial charge in [-0.05, 0) is 24.5 Å². The minimum atomic E-state index is -3.13. The molecule has 0 bridgehead atoms. The summed E-state index contributed by atoms with van der Waals surface area (Å²) in [6.07, 6.45) is 1.04. The van der Waals surface area contributed by atoms with E-state index in [4.69, 9.17) is 20.2 Å². The lowest BCUT2D eigenvalue weighted by atomic mass is 9.46. The van der Waals surface area contributed by atoms with Crippen LogP contribution in [-0.2, 0) is 4.79 Å². The maximum Gasteiger partial charge on any atom is 0.434 e. The number of nitrogens with zero attached hydrogens (tertiary/aromatic N) is 1. The number of carbonyl (C=O) groups is 2. The summed E-state index contributed by atoms with van der Waals surface area (Å²) < 4.78 is 11.3. The van der Waals surface area contributed by atoms with Crippen molar-refractivity contribution in [3.05, 3.63) is 23.3 Å². The number of aliphatic hydroxyl groups is 1. The third-order valence-electron chi connectivity index (χ3n) is 6.63. The fraction of sp³-hybridized carbons (Fsp3) is 0.600. The second kappa shape index (κ2) is 8.20. The summed E-state index contributed by atoms with van der Waals surface area (Å²) in [5.41, 5.74) is 5.38. The van der Waals surface area contributed by atoms with Crippen LogP contribution in [0.4, 0.5) is 0 Å². The molecule has 0 spiro atoms. The van der Waals surface area contributed by atoms with Crippen LogP contribution in [0.1, 0.15) is 41.6 Å². The highest BCUT2D eigenvalue weighted by Crippen LogP contribution is 2.58. The quantitative estimate of drug-likeness (QED) is 0.265. The van der Waals surface area contributed by atoms with Gasteiger partial charge in [-0.3, -0.25) is 9.69 Å². The number of hydrogen-bond donors (Lipinski definition) is 6. The van der Waals surface area contributed by atoms with E-state index in [1.54, 1.807) is 19.1 Å². The van der Waals surface area contributed by atoms with Crippen LogP contribution in [0.5, 0.6) is 11.5 Å². The Labute approximate surface area is 185 Å². The van der Waals surface area contributed by atoms with Crippen LogP contribution in [0.2, 0.25) is 5.82 Å². The smallest absolute Gasteiger partial charge is 0.434 e. The summed E-state index contributed by atoms with van der Waals surface area (Å²) in [5.74, 6) is -2.14. The lowest BCUT2D eigenvalue weighted by molar-refractivity contribution is -0.127. The van der Waals surface area contributed by atoms with Crippen molar-refractivity contribution in [2.45, 2.75) is 43.1 Å². The molecule has 2 aliphatic heterocycles. The molecule has 176 valence electrons. The van der Waals surface area contributed by atoms with Crippen LogP contribution in [0.25, 0.3) is 0 Å². The van der Waals surface area contributed by atoms with Crippen LogP contribution in [0, 0.1) is 0 Å². The van der Waals surface area contributed by atoms with E-state index in [2.05, 4.69) is 5.32 Å². The minimum Gasteiger partial charge on any atom is -0.669 e. The number of aliphatic hydroxyl groups excluding tert-OH is 1. The Morgan fingerprint density at radius 2 is 2.06 bits per heavy atom. The van der Waals surface area contributed by atoms with Gasteiger partial charge in [-0.2, -0.15) is 0 Å². The number of carboxylic acid groups (broad SMARTS) is 1. The van der Waals surface area contributed by atoms with Crippen molar-refractivity contribution in [2.75, 3.05) is 32.8 Å². The van der Waals surface area contributed by atoms with Gasteiger partial charge in [0.25, 0.3) is 0 Å². The summed E-state index contributed by atoms with van der Waals surface area (Å²) >= 11 is 0. The Bertz CT molecular complexity index is 918. The zero-order chi connectivity index (χ0) is 23.3. The van der Waals surface area contributed by atoms with Crippen molar-refractivity contribution in [1.29, 1.82) is 0 Å². The van der Waals surface area contributed by atoms with E-state index in [-0.39, 0.29) is 54.7 Å². The number of fused-ring (bicyclic) bond motifs is 3. The van der Waals surface area contributed by atoms with E-state index in [1.807, 2.05) is 4.90 Å². The van der Waals surface area contributed by atoms with E-state index < -0.39 is 24.1 Å². The largest absolute Gasteiger partial charge is 0.669 e. The molecule has 7 N–H and O–H groups in total. The molecule has 1 saturated carbocycles. The Hall–Kier alpha value is -2.38. The SMILES string of the molecule is C[C@@](N)(CN1CC(Oc2ccc3c(c2C(=O)O)O[B-](O)(O)[C@@H]2CC[C@H]32)C1)C(=O)NCCO. The lowest BCUT2D eigenvalue weighted by Gasteiger charge is -2.54. The molecule has 3 aliphatic rings. The van der Waals surface area contributed by atoms with E-state index in [0.717, 1.165) is 6.42 Å². The number of likely N-dealkylation sites (tertiary alicyclic amines) is 1. The monoisotopic (exact) mass is 450 g/mol. The molecule has 1 amide bonds. The first-order valence-electron chi connectivity index (χ1n) is 10.8. The molecule has 2 fully saturated rings. The molecule has 12 heteroatoms. The normalized spacial score (nSPS) is 25.8. The van der Waals surface area contributed by atoms with E-state index in [9.17, 15) is 24.7 Å².